The molecule has 3 aromatic rings. The number of H-pyrrole nitrogens is 1. The van der Waals surface area contributed by atoms with Crippen LogP contribution in [0.25, 0.3) is 11.1 Å². The van der Waals surface area contributed by atoms with Crippen LogP contribution in [0.5, 0.6) is 0 Å². The fourth-order valence-electron chi connectivity index (χ4n) is 3.23. The minimum absolute atomic E-state index is 0.101. The van der Waals surface area contributed by atoms with Crippen LogP contribution >= 0.6 is 0 Å². The number of amides is 1. The minimum atomic E-state index is -0.215. The number of hydrogen-bond donors (Lipinski definition) is 3. The Kier molecular flexibility index (Phi) is 4.16. The number of nitrogens with zero attached hydrogens (tertiary/aromatic N) is 2. The molecule has 2 heterocycles. The number of benzene rings is 1. The third kappa shape index (κ3) is 3.18. The van der Waals surface area contributed by atoms with Gasteiger partial charge in [0, 0.05) is 5.69 Å². The number of aryl methyl sites for hydroxylation is 1. The molecule has 1 saturated carbocycles. The molecule has 0 unspecified atom stereocenters. The Morgan fingerprint density at radius 2 is 1.96 bits per heavy atom. The number of carbonyl (C=O) groups is 1. The van der Waals surface area contributed by atoms with Crippen molar-refractivity contribution in [2.24, 2.45) is 5.92 Å². The molecule has 0 bridgehead atoms. The molecule has 0 aliphatic heterocycles. The van der Waals surface area contributed by atoms with Gasteiger partial charge in [-0.05, 0) is 43.4 Å². The number of aromatic amines is 1. The maximum atomic E-state index is 13.0. The second-order valence-electron chi connectivity index (χ2n) is 6.72. The van der Waals surface area contributed by atoms with E-state index in [9.17, 15) is 4.79 Å². The Bertz CT molecular complexity index is 930. The first-order chi connectivity index (χ1) is 12.6. The quantitative estimate of drug-likeness (QED) is 0.660. The molecule has 1 aliphatic carbocycles. The van der Waals surface area contributed by atoms with E-state index in [1.165, 1.54) is 0 Å². The third-order valence-corrected chi connectivity index (χ3v) is 4.69. The normalized spacial score (nSPS) is 14.8. The highest BCUT2D eigenvalue weighted by Gasteiger charge is 2.35. The van der Waals surface area contributed by atoms with Crippen molar-refractivity contribution in [3.05, 3.63) is 65.6 Å². The molecule has 1 aromatic carbocycles. The number of carbonyl (C=O) groups excluding carboxylic acids is 1. The molecule has 0 spiro atoms. The highest BCUT2D eigenvalue weighted by molar-refractivity contribution is 6.01. The number of nitrogen functional groups attached to an aromatic ring is 1. The van der Waals surface area contributed by atoms with Crippen molar-refractivity contribution in [2.45, 2.75) is 25.8 Å². The number of pyridine rings is 1. The lowest BCUT2D eigenvalue weighted by Gasteiger charge is -2.18. The number of nitrogens with two attached hydrogens (primary N) is 1. The third-order valence-electron chi connectivity index (χ3n) is 4.69. The summed E-state index contributed by atoms with van der Waals surface area (Å²) in [6.45, 7) is 1.96. The first-order valence-corrected chi connectivity index (χ1v) is 8.77. The van der Waals surface area contributed by atoms with E-state index in [1.54, 1.807) is 0 Å². The molecule has 1 amide bonds. The molecule has 0 saturated heterocycles. The molecule has 1 atom stereocenters. The molecular formula is C20H21N5O. The minimum Gasteiger partial charge on any atom is -0.382 e. The van der Waals surface area contributed by atoms with E-state index in [0.717, 1.165) is 29.8 Å². The Labute approximate surface area is 151 Å². The summed E-state index contributed by atoms with van der Waals surface area (Å²) in [5.74, 6) is 0.528. The first kappa shape index (κ1) is 16.3. The predicted molar refractivity (Wildman–Crippen MR) is 100 cm³/mol. The van der Waals surface area contributed by atoms with Gasteiger partial charge in [-0.15, -0.1) is 0 Å². The van der Waals surface area contributed by atoms with Gasteiger partial charge in [-0.3, -0.25) is 14.9 Å². The van der Waals surface area contributed by atoms with E-state index >= 15 is 0 Å². The van der Waals surface area contributed by atoms with Gasteiger partial charge in [0.15, 0.2) is 5.82 Å². The maximum absolute atomic E-state index is 13.0. The number of aromatic nitrogens is 3. The predicted octanol–water partition coefficient (Wildman–Crippen LogP) is 3.24. The molecule has 0 radical (unpaired) electrons. The number of nitrogens with one attached hydrogen (secondary N) is 2. The van der Waals surface area contributed by atoms with E-state index < -0.39 is 0 Å². The topological polar surface area (TPSA) is 96.7 Å². The van der Waals surface area contributed by atoms with E-state index in [4.69, 9.17) is 5.73 Å². The Morgan fingerprint density at radius 1 is 1.19 bits per heavy atom. The largest absolute Gasteiger partial charge is 0.382 e. The van der Waals surface area contributed by atoms with Gasteiger partial charge in [-0.25, -0.2) is 0 Å². The molecule has 4 rings (SSSR count). The van der Waals surface area contributed by atoms with Gasteiger partial charge >= 0.3 is 0 Å². The molecule has 1 fully saturated rings. The number of rotatable bonds is 5. The van der Waals surface area contributed by atoms with Gasteiger partial charge in [-0.1, -0.05) is 36.4 Å². The van der Waals surface area contributed by atoms with Crippen LogP contribution in [0.2, 0.25) is 0 Å². The summed E-state index contributed by atoms with van der Waals surface area (Å²) in [4.78, 5) is 17.6. The van der Waals surface area contributed by atoms with Crippen molar-refractivity contribution in [2.75, 3.05) is 5.73 Å². The van der Waals surface area contributed by atoms with Crippen molar-refractivity contribution in [3.8, 4) is 11.1 Å². The highest BCUT2D eigenvalue weighted by Crippen LogP contribution is 2.41. The summed E-state index contributed by atoms with van der Waals surface area (Å²) in [5.41, 5.74) is 9.73. The summed E-state index contributed by atoms with van der Waals surface area (Å²) < 4.78 is 0. The van der Waals surface area contributed by atoms with Crippen LogP contribution in [-0.4, -0.2) is 21.1 Å². The van der Waals surface area contributed by atoms with E-state index in [-0.39, 0.29) is 11.9 Å². The number of hydrogen-bond acceptors (Lipinski definition) is 4. The second kappa shape index (κ2) is 6.63. The fraction of sp³-hybridized carbons (Fsp3) is 0.250. The lowest BCUT2D eigenvalue weighted by atomic mass is 10.0. The monoisotopic (exact) mass is 347 g/mol. The zero-order valence-electron chi connectivity index (χ0n) is 14.6. The van der Waals surface area contributed by atoms with Crippen molar-refractivity contribution >= 4 is 11.7 Å². The van der Waals surface area contributed by atoms with Crippen LogP contribution in [0.1, 0.15) is 40.8 Å². The van der Waals surface area contributed by atoms with E-state index in [0.29, 0.717) is 23.0 Å². The van der Waals surface area contributed by atoms with E-state index in [2.05, 4.69) is 20.5 Å². The van der Waals surface area contributed by atoms with Crippen LogP contribution < -0.4 is 11.1 Å². The summed E-state index contributed by atoms with van der Waals surface area (Å²) in [6, 6.07) is 15.4. The zero-order valence-corrected chi connectivity index (χ0v) is 14.6. The Hall–Kier alpha value is -3.15. The first-order valence-electron chi connectivity index (χ1n) is 8.77. The van der Waals surface area contributed by atoms with Crippen molar-refractivity contribution in [1.82, 2.24) is 20.5 Å². The molecular weight excluding hydrogens is 326 g/mol. The smallest absolute Gasteiger partial charge is 0.270 e. The molecule has 2 aromatic heterocycles. The standard InChI is InChI=1S/C20H21N5O/c1-12-6-5-9-15(22-12)17(14-10-11-14)23-20(26)18-16(19(21)25-24-18)13-7-3-2-4-8-13/h2-9,14,17H,10-11H2,1H3,(H,23,26)(H3,21,24,25)/t17-/m0/s1. The average molecular weight is 347 g/mol. The van der Waals surface area contributed by atoms with Gasteiger partial charge in [0.2, 0.25) is 0 Å². The molecule has 6 nitrogen and oxygen atoms in total. The van der Waals surface area contributed by atoms with Gasteiger partial charge in [0.05, 0.1) is 17.3 Å². The zero-order chi connectivity index (χ0) is 18.1. The van der Waals surface area contributed by atoms with Gasteiger partial charge in [0.1, 0.15) is 5.69 Å². The Balaban J connectivity index is 1.64. The lowest BCUT2D eigenvalue weighted by Crippen LogP contribution is -2.31. The molecule has 26 heavy (non-hydrogen) atoms. The van der Waals surface area contributed by atoms with Gasteiger partial charge in [-0.2, -0.15) is 5.10 Å². The SMILES string of the molecule is Cc1cccc([C@@H](NC(=O)c2[nH]nc(N)c2-c2ccccc2)C2CC2)n1. The van der Waals surface area contributed by atoms with Crippen molar-refractivity contribution < 1.29 is 4.79 Å². The highest BCUT2D eigenvalue weighted by atomic mass is 16.2. The van der Waals surface area contributed by atoms with Crippen LogP contribution in [0, 0.1) is 12.8 Å². The summed E-state index contributed by atoms with van der Waals surface area (Å²) >= 11 is 0. The lowest BCUT2D eigenvalue weighted by molar-refractivity contribution is 0.0926. The summed E-state index contributed by atoms with van der Waals surface area (Å²) in [7, 11) is 0. The van der Waals surface area contributed by atoms with Crippen LogP contribution in [0.3, 0.4) is 0 Å². The van der Waals surface area contributed by atoms with Crippen LogP contribution in [-0.2, 0) is 0 Å². The molecule has 1 aliphatic rings. The van der Waals surface area contributed by atoms with Gasteiger partial charge in [0.25, 0.3) is 5.91 Å². The number of anilines is 1. The molecule has 6 heteroatoms. The second-order valence-corrected chi connectivity index (χ2v) is 6.72. The van der Waals surface area contributed by atoms with Crippen LogP contribution in [0.4, 0.5) is 5.82 Å². The summed E-state index contributed by atoms with van der Waals surface area (Å²) in [5, 5.41) is 9.97. The summed E-state index contributed by atoms with van der Waals surface area (Å²) in [6.07, 6.45) is 2.19. The van der Waals surface area contributed by atoms with Crippen molar-refractivity contribution in [1.29, 1.82) is 0 Å². The average Bonchev–Trinajstić information content (AvgIpc) is 3.41. The molecule has 132 valence electrons. The maximum Gasteiger partial charge on any atom is 0.270 e. The molecule has 4 N–H and O–H groups in total. The van der Waals surface area contributed by atoms with Gasteiger partial charge < -0.3 is 11.1 Å². The van der Waals surface area contributed by atoms with E-state index in [1.807, 2.05) is 55.5 Å². The fourth-order valence-corrected chi connectivity index (χ4v) is 3.23. The van der Waals surface area contributed by atoms with Crippen LogP contribution in [0.15, 0.2) is 48.5 Å². The van der Waals surface area contributed by atoms with Crippen molar-refractivity contribution in [3.63, 3.8) is 0 Å². The Morgan fingerprint density at radius 3 is 2.65 bits per heavy atom.